The predicted octanol–water partition coefficient (Wildman–Crippen LogP) is 0.577. The molecule has 5 nitrogen and oxygen atoms in total. The number of nitrogens with zero attached hydrogens (tertiary/aromatic N) is 2. The Bertz CT molecular complexity index is 347. The Balaban J connectivity index is 2.13. The number of hydrogen-bond donors (Lipinski definition) is 1. The van der Waals surface area contributed by atoms with Gasteiger partial charge in [-0.1, -0.05) is 20.3 Å². The first-order valence-corrected chi connectivity index (χ1v) is 6.70. The molecular formula is C13H21N3O2. The van der Waals surface area contributed by atoms with E-state index in [0.717, 1.165) is 32.7 Å². The number of hydrogen-bond acceptors (Lipinski definition) is 4. The van der Waals surface area contributed by atoms with Gasteiger partial charge in [0.2, 0.25) is 5.91 Å². The maximum Gasteiger partial charge on any atom is 0.238 e. The Morgan fingerprint density at radius 1 is 1.50 bits per heavy atom. The average molecular weight is 251 g/mol. The van der Waals surface area contributed by atoms with Crippen LogP contribution in [0.3, 0.4) is 0 Å². The highest BCUT2D eigenvalue weighted by molar-refractivity contribution is 5.82. The summed E-state index contributed by atoms with van der Waals surface area (Å²) in [6, 6.07) is 2.15. The molecule has 0 aromatic carbocycles. The quantitative estimate of drug-likeness (QED) is 0.779. The highest BCUT2D eigenvalue weighted by Crippen LogP contribution is 2.32. The van der Waals surface area contributed by atoms with Crippen molar-refractivity contribution in [2.24, 2.45) is 17.8 Å². The van der Waals surface area contributed by atoms with Crippen molar-refractivity contribution in [3.05, 3.63) is 0 Å². The van der Waals surface area contributed by atoms with Crippen LogP contribution in [-0.2, 0) is 9.53 Å². The smallest absolute Gasteiger partial charge is 0.238 e. The molecule has 0 aromatic rings. The molecule has 1 N–H and O–H groups in total. The number of carbonyl (C=O) groups is 1. The summed E-state index contributed by atoms with van der Waals surface area (Å²) in [7, 11) is 0. The molecule has 0 saturated carbocycles. The van der Waals surface area contributed by atoms with Crippen LogP contribution in [0, 0.1) is 29.1 Å². The number of rotatable bonds is 2. The molecule has 0 aliphatic carbocycles. The van der Waals surface area contributed by atoms with E-state index in [2.05, 4.69) is 30.1 Å². The van der Waals surface area contributed by atoms with Crippen LogP contribution in [0.5, 0.6) is 0 Å². The van der Waals surface area contributed by atoms with Crippen molar-refractivity contribution < 1.29 is 9.53 Å². The van der Waals surface area contributed by atoms with Gasteiger partial charge in [-0.15, -0.1) is 0 Å². The minimum absolute atomic E-state index is 0.0518. The summed E-state index contributed by atoms with van der Waals surface area (Å²) in [5, 5.41) is 12.1. The van der Waals surface area contributed by atoms with Gasteiger partial charge in [0.25, 0.3) is 0 Å². The van der Waals surface area contributed by atoms with Gasteiger partial charge in [-0.2, -0.15) is 5.26 Å². The SMILES string of the molecule is CC[C@H]1[C@@H](C)[C@H](N2CCOCC2)NC(=O)[C@@H]1C#N. The summed E-state index contributed by atoms with van der Waals surface area (Å²) < 4.78 is 5.34. The number of nitrogens with one attached hydrogen (secondary N) is 1. The maximum atomic E-state index is 12.0. The first-order chi connectivity index (χ1) is 8.69. The van der Waals surface area contributed by atoms with E-state index in [1.807, 2.05) is 0 Å². The molecule has 2 fully saturated rings. The molecule has 1 amide bonds. The Hall–Kier alpha value is -1.12. The molecule has 0 spiro atoms. The van der Waals surface area contributed by atoms with Gasteiger partial charge in [0, 0.05) is 13.1 Å². The molecule has 0 unspecified atom stereocenters. The van der Waals surface area contributed by atoms with Gasteiger partial charge in [0.1, 0.15) is 5.92 Å². The Kier molecular flexibility index (Phi) is 4.20. The number of piperidine rings is 1. The van der Waals surface area contributed by atoms with Gasteiger partial charge >= 0.3 is 0 Å². The van der Waals surface area contributed by atoms with Crippen LogP contribution in [0.2, 0.25) is 0 Å². The standard InChI is InChI=1S/C13H21N3O2/c1-3-10-9(2)12(15-13(17)11(10)8-14)16-4-6-18-7-5-16/h9-12H,3-7H2,1-2H3,(H,15,17)/t9-,10+,11-,12+/m1/s1. The van der Waals surface area contributed by atoms with Gasteiger partial charge < -0.3 is 10.1 Å². The van der Waals surface area contributed by atoms with E-state index in [4.69, 9.17) is 10.00 Å². The van der Waals surface area contributed by atoms with Gasteiger partial charge in [-0.3, -0.25) is 9.69 Å². The lowest BCUT2D eigenvalue weighted by Crippen LogP contribution is -2.62. The van der Waals surface area contributed by atoms with Crippen molar-refractivity contribution in [2.45, 2.75) is 26.4 Å². The van der Waals surface area contributed by atoms with E-state index in [1.54, 1.807) is 0 Å². The third kappa shape index (κ3) is 2.36. The minimum Gasteiger partial charge on any atom is -0.379 e. The van der Waals surface area contributed by atoms with Gasteiger partial charge in [-0.25, -0.2) is 0 Å². The lowest BCUT2D eigenvalue weighted by atomic mass is 9.76. The molecular weight excluding hydrogens is 230 g/mol. The highest BCUT2D eigenvalue weighted by Gasteiger charge is 2.43. The molecule has 4 atom stereocenters. The summed E-state index contributed by atoms with van der Waals surface area (Å²) in [5.41, 5.74) is 0. The van der Waals surface area contributed by atoms with Crippen molar-refractivity contribution in [1.82, 2.24) is 10.2 Å². The zero-order valence-corrected chi connectivity index (χ0v) is 11.1. The number of carbonyl (C=O) groups excluding carboxylic acids is 1. The fourth-order valence-electron chi connectivity index (χ4n) is 3.14. The fourth-order valence-corrected chi connectivity index (χ4v) is 3.14. The second-order valence-corrected chi connectivity index (χ2v) is 5.14. The zero-order valence-electron chi connectivity index (χ0n) is 11.1. The number of nitriles is 1. The van der Waals surface area contributed by atoms with Crippen LogP contribution in [-0.4, -0.2) is 43.3 Å². The molecule has 2 heterocycles. The molecule has 5 heteroatoms. The molecule has 0 radical (unpaired) electrons. The number of ether oxygens (including phenoxy) is 1. The highest BCUT2D eigenvalue weighted by atomic mass is 16.5. The zero-order chi connectivity index (χ0) is 13.1. The van der Waals surface area contributed by atoms with E-state index in [-0.39, 0.29) is 18.0 Å². The predicted molar refractivity (Wildman–Crippen MR) is 66.4 cm³/mol. The second-order valence-electron chi connectivity index (χ2n) is 5.14. The summed E-state index contributed by atoms with van der Waals surface area (Å²) in [4.78, 5) is 14.3. The van der Waals surface area contributed by atoms with Crippen LogP contribution in [0.25, 0.3) is 0 Å². The van der Waals surface area contributed by atoms with Crippen LogP contribution in [0.15, 0.2) is 0 Å². The molecule has 2 rings (SSSR count). The van der Waals surface area contributed by atoms with Crippen LogP contribution in [0.4, 0.5) is 0 Å². The van der Waals surface area contributed by atoms with Crippen molar-refractivity contribution in [3.8, 4) is 6.07 Å². The van der Waals surface area contributed by atoms with Gasteiger partial charge in [-0.05, 0) is 11.8 Å². The second kappa shape index (κ2) is 5.68. The molecule has 18 heavy (non-hydrogen) atoms. The molecule has 2 saturated heterocycles. The van der Waals surface area contributed by atoms with E-state index >= 15 is 0 Å². The Morgan fingerprint density at radius 3 is 2.72 bits per heavy atom. The van der Waals surface area contributed by atoms with Crippen molar-refractivity contribution >= 4 is 5.91 Å². The molecule has 0 aromatic heterocycles. The minimum atomic E-state index is -0.498. The fraction of sp³-hybridized carbons (Fsp3) is 0.846. The van der Waals surface area contributed by atoms with Crippen LogP contribution < -0.4 is 5.32 Å². The number of amides is 1. The van der Waals surface area contributed by atoms with E-state index < -0.39 is 5.92 Å². The molecule has 0 bridgehead atoms. The first-order valence-electron chi connectivity index (χ1n) is 6.70. The van der Waals surface area contributed by atoms with Gasteiger partial charge in [0.05, 0.1) is 25.4 Å². The van der Waals surface area contributed by atoms with Crippen LogP contribution in [0.1, 0.15) is 20.3 Å². The molecule has 100 valence electrons. The summed E-state index contributed by atoms with van der Waals surface area (Å²) in [5.74, 6) is -0.159. The maximum absolute atomic E-state index is 12.0. The van der Waals surface area contributed by atoms with Gasteiger partial charge in [0.15, 0.2) is 0 Å². The van der Waals surface area contributed by atoms with Crippen molar-refractivity contribution in [3.63, 3.8) is 0 Å². The summed E-state index contributed by atoms with van der Waals surface area (Å²) in [6.07, 6.45) is 0.921. The van der Waals surface area contributed by atoms with E-state index in [0.29, 0.717) is 5.92 Å². The lowest BCUT2D eigenvalue weighted by Gasteiger charge is -2.45. The topological polar surface area (TPSA) is 65.4 Å². The van der Waals surface area contributed by atoms with Crippen LogP contribution >= 0.6 is 0 Å². The lowest BCUT2D eigenvalue weighted by molar-refractivity contribution is -0.135. The summed E-state index contributed by atoms with van der Waals surface area (Å²) in [6.45, 7) is 7.33. The Labute approximate surface area is 108 Å². The first kappa shape index (κ1) is 13.3. The van der Waals surface area contributed by atoms with E-state index in [9.17, 15) is 4.79 Å². The normalized spacial score (nSPS) is 37.9. The van der Waals surface area contributed by atoms with Crippen molar-refractivity contribution in [1.29, 1.82) is 5.26 Å². The summed E-state index contributed by atoms with van der Waals surface area (Å²) >= 11 is 0. The Morgan fingerprint density at radius 2 is 2.17 bits per heavy atom. The largest absolute Gasteiger partial charge is 0.379 e. The third-order valence-electron chi connectivity index (χ3n) is 4.22. The van der Waals surface area contributed by atoms with Crippen molar-refractivity contribution in [2.75, 3.05) is 26.3 Å². The molecule has 2 aliphatic rings. The average Bonchev–Trinajstić information content (AvgIpc) is 2.41. The third-order valence-corrected chi connectivity index (χ3v) is 4.22. The van der Waals surface area contributed by atoms with E-state index in [1.165, 1.54) is 0 Å². The number of morpholine rings is 1. The molecule has 2 aliphatic heterocycles. The monoisotopic (exact) mass is 251 g/mol.